The number of guanidine groups is 1. The van der Waals surface area contributed by atoms with Gasteiger partial charge in [-0.3, -0.25) is 4.79 Å². The Kier molecular flexibility index (Phi) is 7.17. The average molecular weight is 399 g/mol. The molecule has 0 aliphatic heterocycles. The van der Waals surface area contributed by atoms with Crippen molar-refractivity contribution in [2.24, 2.45) is 4.99 Å². The summed E-state index contributed by atoms with van der Waals surface area (Å²) in [6, 6.07) is 1.70. The molecule has 0 aliphatic carbocycles. The molecule has 0 saturated heterocycles. The van der Waals surface area contributed by atoms with Gasteiger partial charge in [0.1, 0.15) is 6.54 Å². The van der Waals surface area contributed by atoms with E-state index in [-0.39, 0.29) is 6.54 Å². The van der Waals surface area contributed by atoms with E-state index >= 15 is 0 Å². The molecule has 1 aromatic carbocycles. The number of hydrogen-bond acceptors (Lipinski definition) is 4. The largest absolute Gasteiger partial charge is 0.357 e. The van der Waals surface area contributed by atoms with Crippen LogP contribution in [0.25, 0.3) is 0 Å². The van der Waals surface area contributed by atoms with Crippen molar-refractivity contribution < 1.29 is 18.0 Å². The summed E-state index contributed by atoms with van der Waals surface area (Å²) in [6.07, 6.45) is 0. The molecule has 10 heteroatoms. The number of anilines is 1. The minimum Gasteiger partial charge on any atom is -0.357 e. The van der Waals surface area contributed by atoms with Crippen LogP contribution in [0, 0.1) is 24.4 Å². The first-order valence-corrected chi connectivity index (χ1v) is 9.03. The van der Waals surface area contributed by atoms with Crippen LogP contribution in [-0.2, 0) is 11.3 Å². The zero-order valence-corrected chi connectivity index (χ0v) is 16.0. The van der Waals surface area contributed by atoms with Gasteiger partial charge in [0.25, 0.3) is 0 Å². The predicted octanol–water partition coefficient (Wildman–Crippen LogP) is 2.90. The minimum atomic E-state index is -1.64. The van der Waals surface area contributed by atoms with Crippen LogP contribution in [0.3, 0.4) is 0 Å². The molecular formula is C17H20F3N5OS. The molecule has 0 aliphatic rings. The van der Waals surface area contributed by atoms with E-state index in [2.05, 4.69) is 20.6 Å². The van der Waals surface area contributed by atoms with Gasteiger partial charge in [-0.15, -0.1) is 11.3 Å². The van der Waals surface area contributed by atoms with Crippen molar-refractivity contribution in [1.29, 1.82) is 0 Å². The van der Waals surface area contributed by atoms with Crippen molar-refractivity contribution in [2.45, 2.75) is 20.4 Å². The van der Waals surface area contributed by atoms with Crippen molar-refractivity contribution in [1.82, 2.24) is 15.2 Å². The topological polar surface area (TPSA) is 69.6 Å². The summed E-state index contributed by atoms with van der Waals surface area (Å²) >= 11 is 1.54. The van der Waals surface area contributed by atoms with Gasteiger partial charge in [-0.1, -0.05) is 0 Å². The number of nitrogens with one attached hydrogen (secondary N) is 2. The molecule has 1 amide bonds. The standard InChI is InChI=1S/C17H20F3N5OS/c1-4-21-17(25(3)8-11-9-27-10(2)23-11)22-7-14(26)24-13-6-5-12(18)15(19)16(13)20/h5-6,9H,4,7-8H2,1-3H3,(H,21,22)(H,24,26). The van der Waals surface area contributed by atoms with E-state index in [9.17, 15) is 18.0 Å². The normalized spacial score (nSPS) is 11.4. The van der Waals surface area contributed by atoms with E-state index in [4.69, 9.17) is 0 Å². The zero-order chi connectivity index (χ0) is 20.0. The predicted molar refractivity (Wildman–Crippen MR) is 99.2 cm³/mol. The number of carbonyl (C=O) groups is 1. The first-order chi connectivity index (χ1) is 12.8. The van der Waals surface area contributed by atoms with Gasteiger partial charge in [-0.2, -0.15) is 0 Å². The third-order valence-corrected chi connectivity index (χ3v) is 4.27. The Hall–Kier alpha value is -2.62. The molecule has 2 rings (SSSR count). The second kappa shape index (κ2) is 9.36. The van der Waals surface area contributed by atoms with Crippen LogP contribution in [-0.4, -0.2) is 41.9 Å². The Morgan fingerprint density at radius 3 is 2.67 bits per heavy atom. The lowest BCUT2D eigenvalue weighted by atomic mass is 10.3. The zero-order valence-electron chi connectivity index (χ0n) is 15.1. The van der Waals surface area contributed by atoms with Crippen LogP contribution in [0.2, 0.25) is 0 Å². The Labute approximate surface area is 159 Å². The van der Waals surface area contributed by atoms with Crippen LogP contribution in [0.5, 0.6) is 0 Å². The molecule has 146 valence electrons. The van der Waals surface area contributed by atoms with E-state index in [1.54, 1.807) is 11.9 Å². The Morgan fingerprint density at radius 2 is 2.04 bits per heavy atom. The van der Waals surface area contributed by atoms with Gasteiger partial charge in [0, 0.05) is 19.0 Å². The number of nitrogens with zero attached hydrogens (tertiary/aromatic N) is 3. The van der Waals surface area contributed by atoms with Crippen LogP contribution in [0.15, 0.2) is 22.5 Å². The Balaban J connectivity index is 2.02. The number of aromatic nitrogens is 1. The number of aliphatic imine (C=N–C) groups is 1. The molecule has 27 heavy (non-hydrogen) atoms. The third kappa shape index (κ3) is 5.68. The van der Waals surface area contributed by atoms with E-state index < -0.39 is 29.0 Å². The summed E-state index contributed by atoms with van der Waals surface area (Å²) in [5, 5.41) is 8.12. The average Bonchev–Trinajstić information content (AvgIpc) is 3.03. The lowest BCUT2D eigenvalue weighted by molar-refractivity contribution is -0.114. The lowest BCUT2D eigenvalue weighted by Gasteiger charge is -2.21. The van der Waals surface area contributed by atoms with Gasteiger partial charge in [0.05, 0.1) is 22.9 Å². The van der Waals surface area contributed by atoms with Gasteiger partial charge in [0.15, 0.2) is 23.4 Å². The summed E-state index contributed by atoms with van der Waals surface area (Å²) in [6.45, 7) is 4.55. The van der Waals surface area contributed by atoms with Crippen molar-refractivity contribution >= 4 is 28.9 Å². The van der Waals surface area contributed by atoms with Crippen LogP contribution in [0.1, 0.15) is 17.6 Å². The van der Waals surface area contributed by atoms with Gasteiger partial charge >= 0.3 is 0 Å². The number of halogens is 3. The maximum Gasteiger partial charge on any atom is 0.246 e. The number of benzene rings is 1. The molecule has 0 bridgehead atoms. The summed E-state index contributed by atoms with van der Waals surface area (Å²) in [5.74, 6) is -4.60. The smallest absolute Gasteiger partial charge is 0.246 e. The summed E-state index contributed by atoms with van der Waals surface area (Å²) in [4.78, 5) is 22.4. The van der Waals surface area contributed by atoms with Crippen LogP contribution >= 0.6 is 11.3 Å². The fourth-order valence-corrected chi connectivity index (χ4v) is 2.83. The molecule has 2 aromatic rings. The van der Waals surface area contributed by atoms with E-state index in [1.807, 2.05) is 19.2 Å². The quantitative estimate of drug-likeness (QED) is 0.445. The third-order valence-electron chi connectivity index (χ3n) is 3.44. The highest BCUT2D eigenvalue weighted by Gasteiger charge is 2.15. The highest BCUT2D eigenvalue weighted by Crippen LogP contribution is 2.19. The maximum absolute atomic E-state index is 13.6. The van der Waals surface area contributed by atoms with Crippen molar-refractivity contribution in [3.05, 3.63) is 45.7 Å². The minimum absolute atomic E-state index is 0.318. The van der Waals surface area contributed by atoms with Gasteiger partial charge in [-0.25, -0.2) is 23.1 Å². The molecule has 0 spiro atoms. The Bertz CT molecular complexity index is 840. The van der Waals surface area contributed by atoms with Crippen molar-refractivity contribution in [3.63, 3.8) is 0 Å². The molecule has 0 saturated carbocycles. The second-order valence-electron chi connectivity index (χ2n) is 5.66. The molecular weight excluding hydrogens is 379 g/mol. The van der Waals surface area contributed by atoms with Gasteiger partial charge < -0.3 is 15.5 Å². The van der Waals surface area contributed by atoms with Crippen molar-refractivity contribution in [3.8, 4) is 0 Å². The first-order valence-electron chi connectivity index (χ1n) is 8.15. The molecule has 0 atom stereocenters. The van der Waals surface area contributed by atoms with E-state index in [0.717, 1.165) is 22.8 Å². The molecule has 6 nitrogen and oxygen atoms in total. The number of hydrogen-bond donors (Lipinski definition) is 2. The van der Waals surface area contributed by atoms with E-state index in [1.165, 1.54) is 11.3 Å². The van der Waals surface area contributed by atoms with Gasteiger partial charge in [0.2, 0.25) is 5.91 Å². The number of amides is 1. The molecule has 1 aromatic heterocycles. The molecule has 0 unspecified atom stereocenters. The summed E-state index contributed by atoms with van der Waals surface area (Å²) in [5.41, 5.74) is 0.435. The van der Waals surface area contributed by atoms with Gasteiger partial charge in [-0.05, 0) is 26.0 Å². The maximum atomic E-state index is 13.6. The second-order valence-corrected chi connectivity index (χ2v) is 6.72. The van der Waals surface area contributed by atoms with Crippen LogP contribution < -0.4 is 10.6 Å². The highest BCUT2D eigenvalue weighted by molar-refractivity contribution is 7.09. The molecule has 1 heterocycles. The summed E-state index contributed by atoms with van der Waals surface area (Å²) < 4.78 is 39.8. The van der Waals surface area contributed by atoms with E-state index in [0.29, 0.717) is 19.0 Å². The molecule has 0 fully saturated rings. The fourth-order valence-electron chi connectivity index (χ4n) is 2.23. The first kappa shape index (κ1) is 20.7. The van der Waals surface area contributed by atoms with Crippen molar-refractivity contribution in [2.75, 3.05) is 25.5 Å². The fraction of sp³-hybridized carbons (Fsp3) is 0.353. The monoisotopic (exact) mass is 399 g/mol. The Morgan fingerprint density at radius 1 is 1.30 bits per heavy atom. The highest BCUT2D eigenvalue weighted by atomic mass is 32.1. The number of thiazole rings is 1. The summed E-state index contributed by atoms with van der Waals surface area (Å²) in [7, 11) is 1.79. The van der Waals surface area contributed by atoms with Crippen LogP contribution in [0.4, 0.5) is 18.9 Å². The number of aryl methyl sites for hydroxylation is 1. The number of carbonyl (C=O) groups excluding carboxylic acids is 1. The lowest BCUT2D eigenvalue weighted by Crippen LogP contribution is -2.39. The molecule has 2 N–H and O–H groups in total. The molecule has 0 radical (unpaired) electrons. The number of rotatable bonds is 6. The SMILES string of the molecule is CCNC(=NCC(=O)Nc1ccc(F)c(F)c1F)N(C)Cc1csc(C)n1.